The van der Waals surface area contributed by atoms with Gasteiger partial charge in [-0.05, 0) is 55.5 Å². The third-order valence-electron chi connectivity index (χ3n) is 7.11. The van der Waals surface area contributed by atoms with Gasteiger partial charge in [0.1, 0.15) is 29.8 Å². The first-order valence-electron chi connectivity index (χ1n) is 12.7. The third-order valence-corrected chi connectivity index (χ3v) is 7.11. The molecule has 3 aromatic rings. The summed E-state index contributed by atoms with van der Waals surface area (Å²) in [5.41, 5.74) is 6.86. The Morgan fingerprint density at radius 1 is 1.08 bits per heavy atom. The van der Waals surface area contributed by atoms with Gasteiger partial charge in [0, 0.05) is 12.0 Å². The summed E-state index contributed by atoms with van der Waals surface area (Å²) >= 11 is 0. The standard InChI is InChI=1S/C28H28F2N4O5/c1-36-24-9-4-16(12-23(24)30)25-26(17-2-3-18(14-31)22(29)13-17)33-34(27(25)38-21-10-11-37-15-21)19-5-7-20(8-6-19)39-28(32)35/h2-4,9,12-13,19-21H,5-8,10-11,15H2,1H3,(H2,32,35). The van der Waals surface area contributed by atoms with Crippen molar-refractivity contribution < 1.29 is 32.5 Å². The van der Waals surface area contributed by atoms with Crippen molar-refractivity contribution >= 4 is 6.09 Å². The molecular weight excluding hydrogens is 510 g/mol. The van der Waals surface area contributed by atoms with Gasteiger partial charge in [-0.2, -0.15) is 10.4 Å². The van der Waals surface area contributed by atoms with E-state index in [1.54, 1.807) is 16.8 Å². The molecule has 2 aromatic carbocycles. The number of benzene rings is 2. The number of nitriles is 1. The first-order valence-corrected chi connectivity index (χ1v) is 12.7. The van der Waals surface area contributed by atoms with Gasteiger partial charge >= 0.3 is 6.09 Å². The van der Waals surface area contributed by atoms with Crippen LogP contribution in [0, 0.1) is 23.0 Å². The molecule has 2 fully saturated rings. The number of halogens is 2. The highest BCUT2D eigenvalue weighted by Gasteiger charge is 2.33. The molecule has 1 aromatic heterocycles. The Kier molecular flexibility index (Phi) is 7.65. The molecule has 9 nitrogen and oxygen atoms in total. The fraction of sp³-hybridized carbons (Fsp3) is 0.393. The minimum absolute atomic E-state index is 0.0801. The van der Waals surface area contributed by atoms with E-state index >= 15 is 0 Å². The monoisotopic (exact) mass is 538 g/mol. The zero-order valence-electron chi connectivity index (χ0n) is 21.4. The highest BCUT2D eigenvalue weighted by atomic mass is 19.1. The number of hydrogen-bond acceptors (Lipinski definition) is 7. The second-order valence-electron chi connectivity index (χ2n) is 9.60. The number of amides is 1. The molecule has 2 aliphatic rings. The van der Waals surface area contributed by atoms with Crippen LogP contribution in [-0.4, -0.2) is 48.4 Å². The molecule has 0 spiro atoms. The molecule has 1 saturated carbocycles. The van der Waals surface area contributed by atoms with E-state index in [0.29, 0.717) is 73.6 Å². The average molecular weight is 539 g/mol. The molecule has 1 amide bonds. The van der Waals surface area contributed by atoms with Crippen LogP contribution in [0.3, 0.4) is 0 Å². The van der Waals surface area contributed by atoms with Crippen molar-refractivity contribution in [2.75, 3.05) is 20.3 Å². The topological polar surface area (TPSA) is 122 Å². The maximum atomic E-state index is 14.9. The van der Waals surface area contributed by atoms with E-state index in [0.717, 1.165) is 0 Å². The van der Waals surface area contributed by atoms with Gasteiger partial charge in [-0.25, -0.2) is 18.3 Å². The van der Waals surface area contributed by atoms with Crippen LogP contribution in [0.5, 0.6) is 11.6 Å². The zero-order chi connectivity index (χ0) is 27.5. The Hall–Kier alpha value is -4.17. The van der Waals surface area contributed by atoms with E-state index in [1.807, 2.05) is 6.07 Å². The SMILES string of the molecule is COc1ccc(-c2c(-c3ccc(C#N)c(F)c3)nn(C3CCC(OC(N)=O)CC3)c2OC2CCOC2)cc1F. The highest BCUT2D eigenvalue weighted by molar-refractivity contribution is 5.85. The molecule has 2 heterocycles. The minimum Gasteiger partial charge on any atom is -0.494 e. The number of nitrogens with two attached hydrogens (primary N) is 1. The second-order valence-corrected chi connectivity index (χ2v) is 9.60. The Balaban J connectivity index is 1.65. The van der Waals surface area contributed by atoms with Crippen molar-refractivity contribution in [3.05, 3.63) is 53.6 Å². The molecule has 0 radical (unpaired) electrons. The van der Waals surface area contributed by atoms with Crippen LogP contribution >= 0.6 is 0 Å². The number of hydrogen-bond donors (Lipinski definition) is 1. The lowest BCUT2D eigenvalue weighted by atomic mass is 9.93. The number of primary amides is 1. The molecule has 1 atom stereocenters. The lowest BCUT2D eigenvalue weighted by Crippen LogP contribution is -2.29. The van der Waals surface area contributed by atoms with Gasteiger partial charge in [0.25, 0.3) is 0 Å². The maximum absolute atomic E-state index is 14.9. The summed E-state index contributed by atoms with van der Waals surface area (Å²) in [6.07, 6.45) is 1.72. The van der Waals surface area contributed by atoms with Gasteiger partial charge in [-0.15, -0.1) is 0 Å². The molecule has 0 bridgehead atoms. The molecule has 1 saturated heterocycles. The average Bonchev–Trinajstić information content (AvgIpc) is 3.57. The normalized spacial score (nSPS) is 20.8. The fourth-order valence-electron chi connectivity index (χ4n) is 5.15. The Morgan fingerprint density at radius 3 is 2.44 bits per heavy atom. The summed E-state index contributed by atoms with van der Waals surface area (Å²) in [7, 11) is 1.38. The maximum Gasteiger partial charge on any atom is 0.404 e. The fourth-order valence-corrected chi connectivity index (χ4v) is 5.15. The van der Waals surface area contributed by atoms with E-state index in [-0.39, 0.29) is 29.6 Å². The molecular formula is C28H28F2N4O5. The summed E-state index contributed by atoms with van der Waals surface area (Å²) in [5, 5.41) is 14.1. The molecule has 5 rings (SSSR count). The first kappa shape index (κ1) is 26.4. The summed E-state index contributed by atoms with van der Waals surface area (Å²) in [6, 6.07) is 10.5. The predicted molar refractivity (Wildman–Crippen MR) is 136 cm³/mol. The van der Waals surface area contributed by atoms with Crippen LogP contribution < -0.4 is 15.2 Å². The Bertz CT molecular complexity index is 1410. The number of rotatable bonds is 7. The van der Waals surface area contributed by atoms with Crippen LogP contribution in [0.25, 0.3) is 22.4 Å². The van der Waals surface area contributed by atoms with E-state index in [2.05, 4.69) is 0 Å². The number of aromatic nitrogens is 2. The largest absolute Gasteiger partial charge is 0.494 e. The quantitative estimate of drug-likeness (QED) is 0.443. The zero-order valence-corrected chi connectivity index (χ0v) is 21.4. The van der Waals surface area contributed by atoms with Crippen LogP contribution in [0.4, 0.5) is 13.6 Å². The van der Waals surface area contributed by atoms with Crippen molar-refractivity contribution in [2.45, 2.75) is 50.4 Å². The number of methoxy groups -OCH3 is 1. The van der Waals surface area contributed by atoms with Gasteiger partial charge in [0.05, 0.1) is 37.5 Å². The lowest BCUT2D eigenvalue weighted by molar-refractivity contribution is 0.0676. The summed E-state index contributed by atoms with van der Waals surface area (Å²) in [4.78, 5) is 11.2. The number of ether oxygens (including phenoxy) is 4. The van der Waals surface area contributed by atoms with Crippen LogP contribution in [0.15, 0.2) is 36.4 Å². The molecule has 1 aliphatic carbocycles. The van der Waals surface area contributed by atoms with Crippen LogP contribution in [-0.2, 0) is 9.47 Å². The third kappa shape index (κ3) is 5.52. The molecule has 11 heteroatoms. The minimum atomic E-state index is -0.809. The van der Waals surface area contributed by atoms with Crippen molar-refractivity contribution in [3.63, 3.8) is 0 Å². The van der Waals surface area contributed by atoms with Crippen molar-refractivity contribution in [2.24, 2.45) is 5.73 Å². The number of carbonyl (C=O) groups excluding carboxylic acids is 1. The van der Waals surface area contributed by atoms with Crippen molar-refractivity contribution in [3.8, 4) is 40.1 Å². The molecule has 1 aliphatic heterocycles. The molecule has 1 unspecified atom stereocenters. The Labute approximate surface area is 224 Å². The first-order chi connectivity index (χ1) is 18.9. The summed E-state index contributed by atoms with van der Waals surface area (Å²) < 4.78 is 53.7. The smallest absolute Gasteiger partial charge is 0.404 e. The van der Waals surface area contributed by atoms with Crippen LogP contribution in [0.2, 0.25) is 0 Å². The number of nitrogens with zero attached hydrogens (tertiary/aromatic N) is 3. The molecule has 204 valence electrons. The van der Waals surface area contributed by atoms with E-state index < -0.39 is 17.7 Å². The molecule has 2 N–H and O–H groups in total. The van der Waals surface area contributed by atoms with E-state index in [1.165, 1.54) is 31.4 Å². The summed E-state index contributed by atoms with van der Waals surface area (Å²) in [5.74, 6) is -0.767. The van der Waals surface area contributed by atoms with E-state index in [9.17, 15) is 18.8 Å². The summed E-state index contributed by atoms with van der Waals surface area (Å²) in [6.45, 7) is 0.941. The predicted octanol–water partition coefficient (Wildman–Crippen LogP) is 5.12. The second kappa shape index (κ2) is 11.3. The highest BCUT2D eigenvalue weighted by Crippen LogP contribution is 2.45. The van der Waals surface area contributed by atoms with Gasteiger partial charge in [-0.1, -0.05) is 12.1 Å². The lowest BCUT2D eigenvalue weighted by Gasteiger charge is -2.29. The van der Waals surface area contributed by atoms with E-state index in [4.69, 9.17) is 29.8 Å². The van der Waals surface area contributed by atoms with Crippen molar-refractivity contribution in [1.82, 2.24) is 9.78 Å². The molecule has 39 heavy (non-hydrogen) atoms. The van der Waals surface area contributed by atoms with Gasteiger partial charge in [-0.3, -0.25) is 0 Å². The van der Waals surface area contributed by atoms with Gasteiger partial charge in [0.2, 0.25) is 5.88 Å². The van der Waals surface area contributed by atoms with Gasteiger partial charge < -0.3 is 24.7 Å². The Morgan fingerprint density at radius 2 is 1.82 bits per heavy atom. The number of carbonyl (C=O) groups is 1. The van der Waals surface area contributed by atoms with Crippen LogP contribution in [0.1, 0.15) is 43.7 Å². The van der Waals surface area contributed by atoms with Gasteiger partial charge in [0.15, 0.2) is 11.6 Å². The van der Waals surface area contributed by atoms with Crippen molar-refractivity contribution in [1.29, 1.82) is 5.26 Å².